The molecule has 5 heteroatoms. The van der Waals surface area contributed by atoms with Crippen molar-refractivity contribution in [2.24, 2.45) is 0 Å². The van der Waals surface area contributed by atoms with Crippen molar-refractivity contribution in [2.45, 2.75) is 135 Å². The zero-order valence-electron chi connectivity index (χ0n) is 18.1. The lowest BCUT2D eigenvalue weighted by molar-refractivity contribution is 0.509. The van der Waals surface area contributed by atoms with Crippen molar-refractivity contribution in [3.8, 4) is 0 Å². The molecule has 0 fully saturated rings. The highest BCUT2D eigenvalue weighted by atomic mass is 32.2. The largest absolute Gasteiger partial charge is 0.269 e. The average molecular weight is 423 g/mol. The smallest absolute Gasteiger partial charge is 0.254 e. The molecule has 0 aliphatic heterocycles. The van der Waals surface area contributed by atoms with E-state index in [0.29, 0.717) is 0 Å². The summed E-state index contributed by atoms with van der Waals surface area (Å²) in [5.41, 5.74) is 0. The fourth-order valence-electron chi connectivity index (χ4n) is 3.58. The summed E-state index contributed by atoms with van der Waals surface area (Å²) < 4.78 is 26.7. The molecule has 1 atom stereocenters. The molecule has 0 aromatic rings. The van der Waals surface area contributed by atoms with Crippen LogP contribution in [-0.4, -0.2) is 14.2 Å². The van der Waals surface area contributed by atoms with Crippen molar-refractivity contribution in [2.75, 3.05) is 5.75 Å². The maximum Gasteiger partial charge on any atom is 0.269 e. The van der Waals surface area contributed by atoms with Gasteiger partial charge in [0.2, 0.25) is 0 Å². The van der Waals surface area contributed by atoms with Crippen LogP contribution in [0.15, 0.2) is 0 Å². The molecule has 0 bridgehead atoms. The summed E-state index contributed by atoms with van der Waals surface area (Å²) in [7, 11) is -1.46. The van der Waals surface area contributed by atoms with Gasteiger partial charge in [-0.3, -0.25) is 3.97 Å². The van der Waals surface area contributed by atoms with E-state index in [9.17, 15) is 8.42 Å². The van der Waals surface area contributed by atoms with Gasteiger partial charge in [0.1, 0.15) is 0 Å². The van der Waals surface area contributed by atoms with Gasteiger partial charge >= 0.3 is 0 Å². The Bertz CT molecular complexity index is 385. The molecule has 0 saturated heterocycles. The number of hydrogen-bond donors (Lipinski definition) is 0. The summed E-state index contributed by atoms with van der Waals surface area (Å²) in [6.45, 7) is 2.28. The van der Waals surface area contributed by atoms with Gasteiger partial charge < -0.3 is 0 Å². The minimum Gasteiger partial charge on any atom is -0.254 e. The summed E-state index contributed by atoms with van der Waals surface area (Å²) in [5, 5.41) is 0. The monoisotopic (exact) mass is 422 g/mol. The van der Waals surface area contributed by atoms with Crippen LogP contribution in [0.3, 0.4) is 0 Å². The van der Waals surface area contributed by atoms with Crippen molar-refractivity contribution >= 4 is 19.6 Å². The minimum atomic E-state index is -3.28. The summed E-state index contributed by atoms with van der Waals surface area (Å²) >= 11 is 0. The van der Waals surface area contributed by atoms with Crippen LogP contribution in [0.2, 0.25) is 0 Å². The van der Waals surface area contributed by atoms with Gasteiger partial charge in [0.25, 0.3) is 10.1 Å². The van der Waals surface area contributed by atoms with E-state index in [4.69, 9.17) is 0 Å². The molecule has 0 aliphatic rings. The molecule has 0 radical (unpaired) electrons. The van der Waals surface area contributed by atoms with Crippen LogP contribution >= 0.6 is 9.47 Å². The van der Waals surface area contributed by atoms with Crippen LogP contribution in [0, 0.1) is 0 Å². The van der Waals surface area contributed by atoms with Crippen LogP contribution in [-0.2, 0) is 14.1 Å². The predicted octanol–water partition coefficient (Wildman–Crippen LogP) is 7.94. The highest BCUT2D eigenvalue weighted by Gasteiger charge is 2.07. The molecule has 0 rings (SSSR count). The summed E-state index contributed by atoms with van der Waals surface area (Å²) in [4.78, 5) is 0. The van der Waals surface area contributed by atoms with E-state index >= 15 is 0 Å². The van der Waals surface area contributed by atoms with Gasteiger partial charge in [0.15, 0.2) is 0 Å². The van der Waals surface area contributed by atoms with Crippen LogP contribution in [0.5, 0.6) is 0 Å². The first-order chi connectivity index (χ1) is 13.1. The maximum atomic E-state index is 11.1. The zero-order valence-corrected chi connectivity index (χ0v) is 20.0. The maximum absolute atomic E-state index is 11.1. The highest BCUT2D eigenvalue weighted by Crippen LogP contribution is 2.15. The van der Waals surface area contributed by atoms with E-state index in [0.717, 1.165) is 19.3 Å². The molecule has 1 unspecified atom stereocenters. The van der Waals surface area contributed by atoms with Gasteiger partial charge in [-0.15, -0.1) is 0 Å². The quantitative estimate of drug-likeness (QED) is 0.131. The number of rotatable bonds is 22. The van der Waals surface area contributed by atoms with Crippen LogP contribution in [0.4, 0.5) is 0 Å². The predicted molar refractivity (Wildman–Crippen MR) is 123 cm³/mol. The van der Waals surface area contributed by atoms with Crippen molar-refractivity contribution < 1.29 is 12.4 Å². The second-order valence-electron chi connectivity index (χ2n) is 8.08. The summed E-state index contributed by atoms with van der Waals surface area (Å²) in [6, 6.07) is 0. The molecular formula is C22H47O3PS. The Balaban J connectivity index is 3.07. The summed E-state index contributed by atoms with van der Waals surface area (Å²) in [6.07, 6.45) is 26.6. The van der Waals surface area contributed by atoms with E-state index in [1.807, 2.05) is 9.47 Å². The molecule has 0 heterocycles. The Morgan fingerprint density at radius 3 is 1.04 bits per heavy atom. The molecule has 0 saturated carbocycles. The third-order valence-electron chi connectivity index (χ3n) is 5.39. The Labute approximate surface area is 173 Å². The second-order valence-corrected chi connectivity index (χ2v) is 10.4. The van der Waals surface area contributed by atoms with E-state index in [1.165, 1.54) is 109 Å². The fraction of sp³-hybridized carbons (Fsp3) is 1.00. The lowest BCUT2D eigenvalue weighted by Crippen LogP contribution is -2.04. The van der Waals surface area contributed by atoms with Crippen LogP contribution < -0.4 is 0 Å². The molecule has 0 aromatic heterocycles. The van der Waals surface area contributed by atoms with Crippen molar-refractivity contribution in [1.29, 1.82) is 0 Å². The van der Waals surface area contributed by atoms with Gasteiger partial charge in [0, 0.05) is 9.47 Å². The van der Waals surface area contributed by atoms with Gasteiger partial charge in [0.05, 0.1) is 5.75 Å². The number of hydrogen-bond acceptors (Lipinski definition) is 3. The highest BCUT2D eigenvalue weighted by molar-refractivity contribution is 7.88. The van der Waals surface area contributed by atoms with E-state index in [1.54, 1.807) is 0 Å². The zero-order chi connectivity index (χ0) is 20.1. The molecular weight excluding hydrogens is 375 g/mol. The molecule has 0 N–H and O–H groups in total. The molecule has 27 heavy (non-hydrogen) atoms. The standard InChI is InChI=1S/C22H47O3PS/c1-2-3-4-5-6-7-8-9-10-11-12-13-14-15-16-17-18-19-20-21-22-27(23,24)25-26/h2-22,26H2,1H3. The first-order valence-electron chi connectivity index (χ1n) is 11.7. The molecule has 164 valence electrons. The van der Waals surface area contributed by atoms with Gasteiger partial charge in [-0.1, -0.05) is 129 Å². The molecule has 0 spiro atoms. The SMILES string of the molecule is CCCCCCCCCCCCCCCCCCCCCCS(=O)(=O)OP. The molecule has 3 nitrogen and oxygen atoms in total. The Morgan fingerprint density at radius 2 is 0.778 bits per heavy atom. The van der Waals surface area contributed by atoms with Crippen molar-refractivity contribution in [3.05, 3.63) is 0 Å². The lowest BCUT2D eigenvalue weighted by atomic mass is 10.0. The van der Waals surface area contributed by atoms with Crippen LogP contribution in [0.1, 0.15) is 135 Å². The molecule has 0 aliphatic carbocycles. The lowest BCUT2D eigenvalue weighted by Gasteiger charge is -2.04. The Hall–Kier alpha value is 0.340. The topological polar surface area (TPSA) is 43.4 Å². The minimum absolute atomic E-state index is 0.148. The second kappa shape index (κ2) is 21.1. The van der Waals surface area contributed by atoms with E-state index < -0.39 is 10.1 Å². The van der Waals surface area contributed by atoms with Crippen LogP contribution in [0.25, 0.3) is 0 Å². The van der Waals surface area contributed by atoms with Gasteiger partial charge in [-0.25, -0.2) is 0 Å². The summed E-state index contributed by atoms with van der Waals surface area (Å²) in [5.74, 6) is 0.148. The molecule has 0 amide bonds. The van der Waals surface area contributed by atoms with Crippen molar-refractivity contribution in [3.63, 3.8) is 0 Å². The third-order valence-corrected chi connectivity index (χ3v) is 7.36. The van der Waals surface area contributed by atoms with Gasteiger partial charge in [-0.2, -0.15) is 8.42 Å². The average Bonchev–Trinajstić information content (AvgIpc) is 2.66. The van der Waals surface area contributed by atoms with Crippen molar-refractivity contribution in [1.82, 2.24) is 0 Å². The van der Waals surface area contributed by atoms with E-state index in [2.05, 4.69) is 10.9 Å². The first-order valence-corrected chi connectivity index (χ1v) is 13.8. The third kappa shape index (κ3) is 22.5. The Morgan fingerprint density at radius 1 is 0.519 bits per heavy atom. The number of unbranched alkanes of at least 4 members (excludes halogenated alkanes) is 19. The van der Waals surface area contributed by atoms with Gasteiger partial charge in [-0.05, 0) is 6.42 Å². The first kappa shape index (κ1) is 27.3. The molecule has 0 aromatic carbocycles. The normalized spacial score (nSPS) is 11.9. The Kier molecular flexibility index (Phi) is 21.3. The fourth-order valence-corrected chi connectivity index (χ4v) is 4.52. The van der Waals surface area contributed by atoms with E-state index in [-0.39, 0.29) is 5.75 Å².